The van der Waals surface area contributed by atoms with Crippen molar-refractivity contribution >= 4 is 11.6 Å². The second-order valence-electron chi connectivity index (χ2n) is 10.5. The molecule has 1 saturated heterocycles. The maximum atomic E-state index is 13.3. The molecule has 0 unspecified atom stereocenters. The maximum absolute atomic E-state index is 13.3. The molecule has 1 N–H and O–H groups in total. The fourth-order valence-electron chi connectivity index (χ4n) is 6.47. The number of aromatic nitrogens is 3. The molecule has 7 nitrogen and oxygen atoms in total. The zero-order valence-corrected chi connectivity index (χ0v) is 19.5. The van der Waals surface area contributed by atoms with Gasteiger partial charge in [0.25, 0.3) is 5.56 Å². The zero-order chi connectivity index (χ0) is 22.4. The van der Waals surface area contributed by atoms with Gasteiger partial charge in [0.2, 0.25) is 5.91 Å². The van der Waals surface area contributed by atoms with Gasteiger partial charge < -0.3 is 4.90 Å². The maximum Gasteiger partial charge on any atom is 0.277 e. The lowest BCUT2D eigenvalue weighted by atomic mass is 9.93. The first kappa shape index (κ1) is 21.1. The lowest BCUT2D eigenvalue weighted by molar-refractivity contribution is -0.132. The highest BCUT2D eigenvalue weighted by atomic mass is 16.2. The molecule has 4 aliphatic rings. The van der Waals surface area contributed by atoms with Gasteiger partial charge in [0, 0.05) is 62.7 Å². The van der Waals surface area contributed by atoms with E-state index in [0.29, 0.717) is 30.2 Å². The summed E-state index contributed by atoms with van der Waals surface area (Å²) >= 11 is 0. The Morgan fingerprint density at radius 3 is 2.67 bits per heavy atom. The second-order valence-corrected chi connectivity index (χ2v) is 10.5. The van der Waals surface area contributed by atoms with Crippen molar-refractivity contribution in [1.29, 1.82) is 0 Å². The van der Waals surface area contributed by atoms with Gasteiger partial charge >= 0.3 is 0 Å². The molecule has 0 bridgehead atoms. The van der Waals surface area contributed by atoms with Crippen LogP contribution in [-0.4, -0.2) is 56.0 Å². The van der Waals surface area contributed by atoms with Crippen LogP contribution in [0.3, 0.4) is 0 Å². The molecule has 2 aromatic rings. The number of carbonyl (C=O) groups is 1. The number of H-pyrrole nitrogens is 1. The summed E-state index contributed by atoms with van der Waals surface area (Å²) in [6.07, 6.45) is 15.1. The van der Waals surface area contributed by atoms with Crippen LogP contribution in [0.4, 0.5) is 0 Å². The summed E-state index contributed by atoms with van der Waals surface area (Å²) in [5.41, 5.74) is 3.76. The summed E-state index contributed by atoms with van der Waals surface area (Å²) in [7, 11) is 0. The summed E-state index contributed by atoms with van der Waals surface area (Å²) in [4.78, 5) is 35.4. The first-order chi connectivity index (χ1) is 16.2. The van der Waals surface area contributed by atoms with Crippen molar-refractivity contribution in [2.75, 3.05) is 19.6 Å². The standard InChI is InChI=1S/C26H35N5O2/c32-25(15-18-5-1-2-6-18)29-12-9-19(10-13-29)23-16-24-27-22-11-14-30(20-7-3-4-8-20)17-21(22)26(33)31(24)28-23/h1,5,16,18-20,28H,2-4,6-15,17H2/t18-/m1/s1. The molecule has 1 atom stereocenters. The Morgan fingerprint density at radius 1 is 1.09 bits per heavy atom. The average Bonchev–Trinajstić information content (AvgIpc) is 3.61. The number of amides is 1. The largest absolute Gasteiger partial charge is 0.343 e. The van der Waals surface area contributed by atoms with E-state index in [1.165, 1.54) is 25.7 Å². The molecule has 0 spiro atoms. The number of carbonyl (C=O) groups excluding carboxylic acids is 1. The summed E-state index contributed by atoms with van der Waals surface area (Å²) in [6, 6.07) is 2.70. The van der Waals surface area contributed by atoms with Gasteiger partial charge in [-0.1, -0.05) is 25.0 Å². The highest BCUT2D eigenvalue weighted by molar-refractivity contribution is 5.76. The van der Waals surface area contributed by atoms with Gasteiger partial charge in [-0.25, -0.2) is 9.50 Å². The van der Waals surface area contributed by atoms with E-state index >= 15 is 0 Å². The number of allylic oxidation sites excluding steroid dienone is 2. The number of hydrogen-bond acceptors (Lipinski definition) is 4. The smallest absolute Gasteiger partial charge is 0.277 e. The summed E-state index contributed by atoms with van der Waals surface area (Å²) in [5, 5.41) is 3.38. The third-order valence-corrected chi connectivity index (χ3v) is 8.49. The molecule has 2 aromatic heterocycles. The van der Waals surface area contributed by atoms with E-state index in [2.05, 4.69) is 28.2 Å². The Labute approximate surface area is 194 Å². The Morgan fingerprint density at radius 2 is 1.91 bits per heavy atom. The van der Waals surface area contributed by atoms with E-state index in [1.807, 2.05) is 4.90 Å². The number of nitrogens with zero attached hydrogens (tertiary/aromatic N) is 4. The molecule has 1 saturated carbocycles. The van der Waals surface area contributed by atoms with E-state index in [4.69, 9.17) is 4.98 Å². The SMILES string of the molecule is O=C(C[C@@H]1C=CCC1)N1CCC(c2cc3nc4c(c(=O)n3[nH]2)CN(C2CCCC2)CC4)CC1. The van der Waals surface area contributed by atoms with Crippen LogP contribution >= 0.6 is 0 Å². The minimum Gasteiger partial charge on any atom is -0.343 e. The van der Waals surface area contributed by atoms with E-state index in [9.17, 15) is 9.59 Å². The molecule has 1 amide bonds. The number of rotatable bonds is 4. The van der Waals surface area contributed by atoms with Crippen molar-refractivity contribution in [3.05, 3.63) is 45.5 Å². The van der Waals surface area contributed by atoms with Crippen molar-refractivity contribution in [1.82, 2.24) is 24.4 Å². The summed E-state index contributed by atoms with van der Waals surface area (Å²) < 4.78 is 1.66. The van der Waals surface area contributed by atoms with Crippen molar-refractivity contribution in [2.24, 2.45) is 5.92 Å². The number of piperidine rings is 1. The molecule has 0 radical (unpaired) electrons. The third-order valence-electron chi connectivity index (χ3n) is 8.49. The van der Waals surface area contributed by atoms with Crippen molar-refractivity contribution < 1.29 is 4.79 Å². The van der Waals surface area contributed by atoms with Crippen LogP contribution in [0.1, 0.15) is 80.7 Å². The van der Waals surface area contributed by atoms with Crippen LogP contribution in [-0.2, 0) is 17.8 Å². The highest BCUT2D eigenvalue weighted by Crippen LogP contribution is 2.30. The van der Waals surface area contributed by atoms with E-state index in [1.54, 1.807) is 4.52 Å². The zero-order valence-electron chi connectivity index (χ0n) is 19.5. The quantitative estimate of drug-likeness (QED) is 0.727. The normalized spacial score (nSPS) is 24.7. The van der Waals surface area contributed by atoms with Crippen LogP contribution in [0.15, 0.2) is 23.0 Å². The number of aromatic amines is 1. The first-order valence-corrected chi connectivity index (χ1v) is 13.0. The van der Waals surface area contributed by atoms with Crippen molar-refractivity contribution in [3.8, 4) is 0 Å². The molecule has 33 heavy (non-hydrogen) atoms. The van der Waals surface area contributed by atoms with Gasteiger partial charge in [-0.05, 0) is 44.4 Å². The third kappa shape index (κ3) is 4.05. The predicted molar refractivity (Wildman–Crippen MR) is 127 cm³/mol. The molecular formula is C26H35N5O2. The summed E-state index contributed by atoms with van der Waals surface area (Å²) in [5.74, 6) is 1.06. The minimum absolute atomic E-state index is 0.0705. The summed E-state index contributed by atoms with van der Waals surface area (Å²) in [6.45, 7) is 3.34. The van der Waals surface area contributed by atoms with Gasteiger partial charge in [-0.2, -0.15) is 0 Å². The lowest BCUT2D eigenvalue weighted by Gasteiger charge is -2.32. The lowest BCUT2D eigenvalue weighted by Crippen LogP contribution is -2.41. The van der Waals surface area contributed by atoms with Crippen LogP contribution in [0, 0.1) is 5.92 Å². The van der Waals surface area contributed by atoms with Crippen molar-refractivity contribution in [3.63, 3.8) is 0 Å². The van der Waals surface area contributed by atoms with E-state index in [0.717, 1.165) is 80.9 Å². The second kappa shape index (κ2) is 8.75. The Bertz CT molecular complexity index is 1120. The van der Waals surface area contributed by atoms with Gasteiger partial charge in [0.1, 0.15) is 0 Å². The molecule has 6 rings (SSSR count). The average molecular weight is 450 g/mol. The highest BCUT2D eigenvalue weighted by Gasteiger charge is 2.30. The molecule has 4 heterocycles. The molecule has 0 aromatic carbocycles. The van der Waals surface area contributed by atoms with E-state index in [-0.39, 0.29) is 5.56 Å². The number of hydrogen-bond donors (Lipinski definition) is 1. The monoisotopic (exact) mass is 449 g/mol. The van der Waals surface area contributed by atoms with Crippen LogP contribution in [0.5, 0.6) is 0 Å². The Hall–Kier alpha value is -2.41. The Kier molecular flexibility index (Phi) is 5.60. The van der Waals surface area contributed by atoms with Crippen LogP contribution < -0.4 is 5.56 Å². The number of nitrogens with one attached hydrogen (secondary N) is 1. The number of likely N-dealkylation sites (tertiary alicyclic amines) is 1. The Balaban J connectivity index is 1.15. The molecular weight excluding hydrogens is 414 g/mol. The molecule has 2 aliphatic carbocycles. The van der Waals surface area contributed by atoms with Crippen LogP contribution in [0.25, 0.3) is 5.65 Å². The number of fused-ring (bicyclic) bond motifs is 2. The van der Waals surface area contributed by atoms with Crippen molar-refractivity contribution in [2.45, 2.75) is 82.7 Å². The first-order valence-electron chi connectivity index (χ1n) is 13.0. The fourth-order valence-corrected chi connectivity index (χ4v) is 6.47. The minimum atomic E-state index is 0.0705. The van der Waals surface area contributed by atoms with Gasteiger partial charge in [-0.3, -0.25) is 19.6 Å². The van der Waals surface area contributed by atoms with Gasteiger partial charge in [-0.15, -0.1) is 0 Å². The molecule has 7 heteroatoms. The van der Waals surface area contributed by atoms with E-state index < -0.39 is 0 Å². The molecule has 2 aliphatic heterocycles. The van der Waals surface area contributed by atoms with Gasteiger partial charge in [0.05, 0.1) is 11.3 Å². The molecule has 176 valence electrons. The van der Waals surface area contributed by atoms with Crippen LogP contribution in [0.2, 0.25) is 0 Å². The molecule has 2 fully saturated rings. The predicted octanol–water partition coefficient (Wildman–Crippen LogP) is 3.39. The topological polar surface area (TPSA) is 73.7 Å². The fraction of sp³-hybridized carbons (Fsp3) is 0.654. The van der Waals surface area contributed by atoms with Gasteiger partial charge in [0.15, 0.2) is 5.65 Å².